The third kappa shape index (κ3) is 3.29. The van der Waals surface area contributed by atoms with E-state index < -0.39 is 5.97 Å². The Labute approximate surface area is 160 Å². The second-order valence-electron chi connectivity index (χ2n) is 6.41. The first-order valence-corrected chi connectivity index (χ1v) is 8.96. The Kier molecular flexibility index (Phi) is 4.72. The number of anilines is 1. The van der Waals surface area contributed by atoms with Gasteiger partial charge in [-0.3, -0.25) is 9.59 Å². The van der Waals surface area contributed by atoms with Crippen LogP contribution in [0.2, 0.25) is 0 Å². The lowest BCUT2D eigenvalue weighted by Gasteiger charge is -2.10. The van der Waals surface area contributed by atoms with Crippen molar-refractivity contribution in [2.24, 2.45) is 0 Å². The number of carboxylic acid groups (broad SMARTS) is 1. The molecule has 0 amide bonds. The molecular formula is C21H18N4O3. The van der Waals surface area contributed by atoms with Crippen LogP contribution in [0.3, 0.4) is 0 Å². The minimum absolute atomic E-state index is 0.0835. The van der Waals surface area contributed by atoms with Gasteiger partial charge in [-0.25, -0.2) is 9.97 Å². The van der Waals surface area contributed by atoms with Crippen molar-refractivity contribution in [3.63, 3.8) is 0 Å². The van der Waals surface area contributed by atoms with Gasteiger partial charge >= 0.3 is 5.97 Å². The maximum atomic E-state index is 11.8. The zero-order valence-corrected chi connectivity index (χ0v) is 15.0. The fourth-order valence-corrected chi connectivity index (χ4v) is 3.23. The Bertz CT molecular complexity index is 1180. The topological polar surface area (TPSA) is 108 Å². The molecule has 2 heterocycles. The Morgan fingerprint density at radius 2 is 1.82 bits per heavy atom. The molecule has 140 valence electrons. The molecule has 28 heavy (non-hydrogen) atoms. The normalized spacial score (nSPS) is 11.0. The average molecular weight is 374 g/mol. The molecule has 4 rings (SSSR count). The second kappa shape index (κ2) is 7.48. The van der Waals surface area contributed by atoms with Crippen LogP contribution in [0, 0.1) is 0 Å². The maximum absolute atomic E-state index is 11.8. The SMILES string of the molecule is O=Cc1c(-c2nc(NCCCC(=O)O)c3ccccc3n2)[nH]c2ccccc12. The molecule has 7 heteroatoms. The Morgan fingerprint density at radius 3 is 2.61 bits per heavy atom. The van der Waals surface area contributed by atoms with Gasteiger partial charge in [0.15, 0.2) is 12.1 Å². The van der Waals surface area contributed by atoms with Crippen LogP contribution in [0.1, 0.15) is 23.2 Å². The van der Waals surface area contributed by atoms with Gasteiger partial charge in [0.1, 0.15) is 5.82 Å². The number of hydrogen-bond donors (Lipinski definition) is 3. The number of hydrogen-bond acceptors (Lipinski definition) is 5. The largest absolute Gasteiger partial charge is 0.481 e. The van der Waals surface area contributed by atoms with Crippen molar-refractivity contribution >= 4 is 39.9 Å². The van der Waals surface area contributed by atoms with Gasteiger partial charge in [0.05, 0.1) is 16.8 Å². The van der Waals surface area contributed by atoms with E-state index >= 15 is 0 Å². The summed E-state index contributed by atoms with van der Waals surface area (Å²) >= 11 is 0. The van der Waals surface area contributed by atoms with E-state index in [1.54, 1.807) is 0 Å². The first-order chi connectivity index (χ1) is 13.7. The molecule has 3 N–H and O–H groups in total. The predicted octanol–water partition coefficient (Wildman–Crippen LogP) is 3.87. The molecule has 7 nitrogen and oxygen atoms in total. The van der Waals surface area contributed by atoms with Crippen molar-refractivity contribution in [1.29, 1.82) is 0 Å². The van der Waals surface area contributed by atoms with Gasteiger partial charge in [0.25, 0.3) is 0 Å². The van der Waals surface area contributed by atoms with Crippen LogP contribution in [0.5, 0.6) is 0 Å². The fourth-order valence-electron chi connectivity index (χ4n) is 3.23. The van der Waals surface area contributed by atoms with Crippen LogP contribution in [0.25, 0.3) is 33.3 Å². The number of rotatable bonds is 7. The minimum Gasteiger partial charge on any atom is -0.481 e. The molecule has 0 saturated heterocycles. The predicted molar refractivity (Wildman–Crippen MR) is 108 cm³/mol. The summed E-state index contributed by atoms with van der Waals surface area (Å²) in [4.78, 5) is 35.0. The van der Waals surface area contributed by atoms with E-state index in [-0.39, 0.29) is 6.42 Å². The van der Waals surface area contributed by atoms with Crippen molar-refractivity contribution < 1.29 is 14.7 Å². The lowest BCUT2D eigenvalue weighted by molar-refractivity contribution is -0.137. The molecule has 0 aliphatic rings. The van der Waals surface area contributed by atoms with Gasteiger partial charge in [-0.05, 0) is 24.6 Å². The molecule has 0 bridgehead atoms. The molecule has 0 unspecified atom stereocenters. The molecule has 2 aromatic heterocycles. The molecule has 4 aromatic rings. The zero-order valence-electron chi connectivity index (χ0n) is 15.0. The zero-order chi connectivity index (χ0) is 19.5. The smallest absolute Gasteiger partial charge is 0.303 e. The summed E-state index contributed by atoms with van der Waals surface area (Å²) in [5, 5.41) is 13.7. The van der Waals surface area contributed by atoms with Crippen molar-refractivity contribution in [3.05, 3.63) is 54.1 Å². The monoisotopic (exact) mass is 374 g/mol. The van der Waals surface area contributed by atoms with E-state index in [4.69, 9.17) is 5.11 Å². The van der Waals surface area contributed by atoms with Gasteiger partial charge in [0, 0.05) is 29.3 Å². The number of H-pyrrole nitrogens is 1. The van der Waals surface area contributed by atoms with E-state index in [0.717, 1.165) is 28.1 Å². The van der Waals surface area contributed by atoms with E-state index in [1.165, 1.54) is 0 Å². The summed E-state index contributed by atoms with van der Waals surface area (Å²) in [6.45, 7) is 0.472. The Morgan fingerprint density at radius 1 is 1.07 bits per heavy atom. The number of nitrogens with one attached hydrogen (secondary N) is 2. The van der Waals surface area contributed by atoms with Gasteiger partial charge in [0.2, 0.25) is 0 Å². The number of carbonyl (C=O) groups is 2. The Hall–Kier alpha value is -3.74. The van der Waals surface area contributed by atoms with Crippen molar-refractivity contribution in [3.8, 4) is 11.5 Å². The number of para-hydroxylation sites is 2. The first-order valence-electron chi connectivity index (χ1n) is 8.96. The number of aromatic amines is 1. The van der Waals surface area contributed by atoms with Gasteiger partial charge in [-0.2, -0.15) is 0 Å². The number of nitrogens with zero attached hydrogens (tertiary/aromatic N) is 2. The van der Waals surface area contributed by atoms with E-state index in [2.05, 4.69) is 20.3 Å². The van der Waals surface area contributed by atoms with E-state index in [0.29, 0.717) is 35.9 Å². The van der Waals surface area contributed by atoms with Crippen molar-refractivity contribution in [2.75, 3.05) is 11.9 Å². The summed E-state index contributed by atoms with van der Waals surface area (Å²) < 4.78 is 0. The van der Waals surface area contributed by atoms with Gasteiger partial charge in [-0.15, -0.1) is 0 Å². The molecule has 0 aliphatic carbocycles. The molecular weight excluding hydrogens is 356 g/mol. The van der Waals surface area contributed by atoms with Crippen molar-refractivity contribution in [2.45, 2.75) is 12.8 Å². The molecule has 0 spiro atoms. The standard InChI is InChI=1S/C21H18N4O3/c26-12-15-13-6-1-3-8-16(13)23-19(15)21-24-17-9-4-2-7-14(17)20(25-21)22-11-5-10-18(27)28/h1-4,6-9,12,23H,5,10-11H2,(H,27,28)(H,22,24,25). The lowest BCUT2D eigenvalue weighted by atomic mass is 10.1. The number of carboxylic acids is 1. The highest BCUT2D eigenvalue weighted by atomic mass is 16.4. The molecule has 0 aliphatic heterocycles. The van der Waals surface area contributed by atoms with Gasteiger partial charge in [-0.1, -0.05) is 30.3 Å². The number of aldehydes is 1. The summed E-state index contributed by atoms with van der Waals surface area (Å²) in [5.74, 6) is 0.197. The average Bonchev–Trinajstić information content (AvgIpc) is 3.09. The molecule has 2 aromatic carbocycles. The summed E-state index contributed by atoms with van der Waals surface area (Å²) in [6, 6.07) is 15.1. The van der Waals surface area contributed by atoms with Crippen LogP contribution in [0.15, 0.2) is 48.5 Å². The first kappa shape index (κ1) is 17.7. The number of carbonyl (C=O) groups excluding carboxylic acids is 1. The molecule has 0 radical (unpaired) electrons. The second-order valence-corrected chi connectivity index (χ2v) is 6.41. The van der Waals surface area contributed by atoms with Gasteiger partial charge < -0.3 is 15.4 Å². The Balaban J connectivity index is 1.80. The van der Waals surface area contributed by atoms with E-state index in [9.17, 15) is 9.59 Å². The van der Waals surface area contributed by atoms with Crippen LogP contribution in [-0.4, -0.2) is 38.9 Å². The minimum atomic E-state index is -0.830. The highest BCUT2D eigenvalue weighted by Gasteiger charge is 2.17. The summed E-state index contributed by atoms with van der Waals surface area (Å²) in [7, 11) is 0. The van der Waals surface area contributed by atoms with Crippen molar-refractivity contribution in [1.82, 2.24) is 15.0 Å². The maximum Gasteiger partial charge on any atom is 0.303 e. The summed E-state index contributed by atoms with van der Waals surface area (Å²) in [5.41, 5.74) is 2.66. The number of aromatic nitrogens is 3. The number of aliphatic carboxylic acids is 1. The third-order valence-corrected chi connectivity index (χ3v) is 4.55. The molecule has 0 saturated carbocycles. The fraction of sp³-hybridized carbons (Fsp3) is 0.143. The highest BCUT2D eigenvalue weighted by molar-refractivity contribution is 6.04. The van der Waals surface area contributed by atoms with Crippen LogP contribution < -0.4 is 5.32 Å². The summed E-state index contributed by atoms with van der Waals surface area (Å²) in [6.07, 6.45) is 1.38. The van der Waals surface area contributed by atoms with E-state index in [1.807, 2.05) is 48.5 Å². The highest BCUT2D eigenvalue weighted by Crippen LogP contribution is 2.30. The number of fused-ring (bicyclic) bond motifs is 2. The number of benzene rings is 2. The van der Waals surface area contributed by atoms with Crippen LogP contribution >= 0.6 is 0 Å². The molecule has 0 fully saturated rings. The third-order valence-electron chi connectivity index (χ3n) is 4.55. The molecule has 0 atom stereocenters. The van der Waals surface area contributed by atoms with Crippen LogP contribution in [0.4, 0.5) is 5.82 Å². The quantitative estimate of drug-likeness (QED) is 0.335. The lowest BCUT2D eigenvalue weighted by Crippen LogP contribution is -2.08. The van der Waals surface area contributed by atoms with Crippen LogP contribution in [-0.2, 0) is 4.79 Å².